The molecule has 3 rings (SSSR count). The second-order valence-electron chi connectivity index (χ2n) is 6.15. The van der Waals surface area contributed by atoms with Gasteiger partial charge in [0.25, 0.3) is 0 Å². The molecule has 0 unspecified atom stereocenters. The van der Waals surface area contributed by atoms with Crippen LogP contribution in [0.15, 0.2) is 29.4 Å². The van der Waals surface area contributed by atoms with Crippen LogP contribution in [-0.2, 0) is 11.8 Å². The lowest BCUT2D eigenvalue weighted by Gasteiger charge is -2.19. The topological polar surface area (TPSA) is 60.3 Å². The summed E-state index contributed by atoms with van der Waals surface area (Å²) in [6, 6.07) is 7.73. The van der Waals surface area contributed by atoms with Crippen LogP contribution in [0.4, 0.5) is 0 Å². The van der Waals surface area contributed by atoms with E-state index in [2.05, 4.69) is 10.2 Å². The predicted octanol–water partition coefficient (Wildman–Crippen LogP) is 2.99. The molecule has 134 valence electrons. The molecule has 7 heteroatoms. The van der Waals surface area contributed by atoms with Gasteiger partial charge in [0.15, 0.2) is 11.0 Å². The van der Waals surface area contributed by atoms with Crippen molar-refractivity contribution in [2.24, 2.45) is 7.05 Å². The summed E-state index contributed by atoms with van der Waals surface area (Å²) in [6.45, 7) is 1.76. The number of hydrogen-bond donors (Lipinski definition) is 0. The van der Waals surface area contributed by atoms with Crippen molar-refractivity contribution in [1.82, 2.24) is 19.7 Å². The van der Waals surface area contributed by atoms with Crippen molar-refractivity contribution in [3.8, 4) is 17.1 Å². The Kier molecular flexibility index (Phi) is 5.96. The molecular formula is C18H24N4O2S. The molecule has 1 aromatic carbocycles. The lowest BCUT2D eigenvalue weighted by molar-refractivity contribution is -0.128. The Hall–Kier alpha value is -2.02. The molecule has 1 amide bonds. The highest BCUT2D eigenvalue weighted by molar-refractivity contribution is 7.99. The summed E-state index contributed by atoms with van der Waals surface area (Å²) in [5.41, 5.74) is 0.894. The van der Waals surface area contributed by atoms with Crippen LogP contribution in [0, 0.1) is 0 Å². The van der Waals surface area contributed by atoms with Gasteiger partial charge in [-0.3, -0.25) is 4.79 Å². The van der Waals surface area contributed by atoms with E-state index in [0.29, 0.717) is 5.75 Å². The van der Waals surface area contributed by atoms with Crippen LogP contribution in [0.3, 0.4) is 0 Å². The van der Waals surface area contributed by atoms with Gasteiger partial charge in [0, 0.05) is 20.1 Å². The molecular weight excluding hydrogens is 336 g/mol. The number of para-hydroxylation sites is 1. The molecule has 1 aliphatic heterocycles. The number of ether oxygens (including phenoxy) is 1. The van der Waals surface area contributed by atoms with E-state index in [0.717, 1.165) is 48.2 Å². The molecule has 1 fully saturated rings. The minimum absolute atomic E-state index is 0.189. The van der Waals surface area contributed by atoms with E-state index in [9.17, 15) is 4.79 Å². The number of hydrogen-bond acceptors (Lipinski definition) is 5. The Labute approximate surface area is 152 Å². The molecule has 2 aromatic rings. The molecule has 0 bridgehead atoms. The van der Waals surface area contributed by atoms with E-state index in [1.807, 2.05) is 40.8 Å². The van der Waals surface area contributed by atoms with Gasteiger partial charge in [0.1, 0.15) is 5.75 Å². The first-order chi connectivity index (χ1) is 12.2. The summed E-state index contributed by atoms with van der Waals surface area (Å²) in [6.07, 6.45) is 4.67. The number of aromatic nitrogens is 3. The molecule has 0 N–H and O–H groups in total. The Balaban J connectivity index is 1.68. The van der Waals surface area contributed by atoms with Gasteiger partial charge < -0.3 is 14.2 Å². The number of likely N-dealkylation sites (tertiary alicyclic amines) is 1. The quantitative estimate of drug-likeness (QED) is 0.767. The van der Waals surface area contributed by atoms with Crippen LogP contribution >= 0.6 is 11.8 Å². The van der Waals surface area contributed by atoms with E-state index in [1.165, 1.54) is 24.6 Å². The Morgan fingerprint density at radius 1 is 1.16 bits per heavy atom. The zero-order valence-electron chi connectivity index (χ0n) is 14.8. The Bertz CT molecular complexity index is 724. The smallest absolute Gasteiger partial charge is 0.233 e. The molecule has 6 nitrogen and oxygen atoms in total. The number of carbonyl (C=O) groups is 1. The second-order valence-corrected chi connectivity index (χ2v) is 7.09. The van der Waals surface area contributed by atoms with Crippen LogP contribution < -0.4 is 4.74 Å². The van der Waals surface area contributed by atoms with Gasteiger partial charge in [0.2, 0.25) is 5.91 Å². The minimum atomic E-state index is 0.189. The van der Waals surface area contributed by atoms with Crippen molar-refractivity contribution in [2.75, 3.05) is 26.0 Å². The number of methoxy groups -OCH3 is 1. The molecule has 1 aromatic heterocycles. The molecule has 2 heterocycles. The van der Waals surface area contributed by atoms with Crippen LogP contribution in [-0.4, -0.2) is 51.5 Å². The number of benzene rings is 1. The summed E-state index contributed by atoms with van der Waals surface area (Å²) in [5.74, 6) is 2.09. The second kappa shape index (κ2) is 8.38. The highest BCUT2D eigenvalue weighted by Gasteiger charge is 2.19. The zero-order chi connectivity index (χ0) is 17.6. The van der Waals surface area contributed by atoms with E-state index in [4.69, 9.17) is 4.74 Å². The maximum atomic E-state index is 12.4. The molecule has 0 spiro atoms. The third-order valence-electron chi connectivity index (χ3n) is 4.47. The average Bonchev–Trinajstić information content (AvgIpc) is 2.84. The van der Waals surface area contributed by atoms with Crippen LogP contribution in [0.1, 0.15) is 25.7 Å². The molecule has 0 radical (unpaired) electrons. The Morgan fingerprint density at radius 2 is 1.88 bits per heavy atom. The molecule has 25 heavy (non-hydrogen) atoms. The fourth-order valence-corrected chi connectivity index (χ4v) is 3.86. The van der Waals surface area contributed by atoms with Gasteiger partial charge in [-0.15, -0.1) is 10.2 Å². The number of nitrogens with zero attached hydrogens (tertiary/aromatic N) is 4. The van der Waals surface area contributed by atoms with Crippen molar-refractivity contribution in [3.63, 3.8) is 0 Å². The average molecular weight is 360 g/mol. The maximum Gasteiger partial charge on any atom is 0.233 e. The fourth-order valence-electron chi connectivity index (χ4n) is 3.04. The molecule has 1 saturated heterocycles. The van der Waals surface area contributed by atoms with E-state index in [-0.39, 0.29) is 5.91 Å². The van der Waals surface area contributed by atoms with Gasteiger partial charge in [0.05, 0.1) is 18.4 Å². The van der Waals surface area contributed by atoms with Gasteiger partial charge in [-0.05, 0) is 25.0 Å². The first-order valence-corrected chi connectivity index (χ1v) is 9.62. The maximum absolute atomic E-state index is 12.4. The fraction of sp³-hybridized carbons (Fsp3) is 0.500. The summed E-state index contributed by atoms with van der Waals surface area (Å²) in [7, 11) is 3.56. The van der Waals surface area contributed by atoms with E-state index in [1.54, 1.807) is 7.11 Å². The van der Waals surface area contributed by atoms with Crippen LogP contribution in [0.5, 0.6) is 5.75 Å². The van der Waals surface area contributed by atoms with Crippen LogP contribution in [0.25, 0.3) is 11.4 Å². The molecule has 1 aliphatic rings. The normalized spacial score (nSPS) is 15.0. The van der Waals surface area contributed by atoms with Gasteiger partial charge in [-0.2, -0.15) is 0 Å². The standard InChI is InChI=1S/C18H24N4O2S/c1-21-17(14-9-5-6-10-15(14)24-2)19-20-18(21)25-13-16(23)22-11-7-3-4-8-12-22/h5-6,9-10H,3-4,7-8,11-13H2,1-2H3. The molecule has 0 saturated carbocycles. The van der Waals surface area contributed by atoms with E-state index >= 15 is 0 Å². The first kappa shape index (κ1) is 17.8. The van der Waals surface area contributed by atoms with Crippen molar-refractivity contribution in [3.05, 3.63) is 24.3 Å². The highest BCUT2D eigenvalue weighted by Crippen LogP contribution is 2.30. The summed E-state index contributed by atoms with van der Waals surface area (Å²) in [4.78, 5) is 14.4. The molecule has 0 aliphatic carbocycles. The van der Waals surface area contributed by atoms with Gasteiger partial charge in [-0.1, -0.05) is 36.7 Å². The zero-order valence-corrected chi connectivity index (χ0v) is 15.6. The summed E-state index contributed by atoms with van der Waals surface area (Å²) >= 11 is 1.44. The van der Waals surface area contributed by atoms with Gasteiger partial charge >= 0.3 is 0 Å². The molecule has 0 atom stereocenters. The minimum Gasteiger partial charge on any atom is -0.496 e. The largest absolute Gasteiger partial charge is 0.496 e. The summed E-state index contributed by atoms with van der Waals surface area (Å²) in [5, 5.41) is 9.28. The number of amides is 1. The number of carbonyl (C=O) groups excluding carboxylic acids is 1. The SMILES string of the molecule is COc1ccccc1-c1nnc(SCC(=O)N2CCCCCC2)n1C. The highest BCUT2D eigenvalue weighted by atomic mass is 32.2. The van der Waals surface area contributed by atoms with Crippen molar-refractivity contribution in [1.29, 1.82) is 0 Å². The first-order valence-electron chi connectivity index (χ1n) is 8.64. The van der Waals surface area contributed by atoms with Crippen molar-refractivity contribution < 1.29 is 9.53 Å². The third kappa shape index (κ3) is 4.15. The Morgan fingerprint density at radius 3 is 2.60 bits per heavy atom. The van der Waals surface area contributed by atoms with Crippen molar-refractivity contribution >= 4 is 17.7 Å². The van der Waals surface area contributed by atoms with E-state index < -0.39 is 0 Å². The summed E-state index contributed by atoms with van der Waals surface area (Å²) < 4.78 is 7.32. The lowest BCUT2D eigenvalue weighted by atomic mass is 10.2. The number of rotatable bonds is 5. The van der Waals surface area contributed by atoms with Crippen molar-refractivity contribution in [2.45, 2.75) is 30.8 Å². The predicted molar refractivity (Wildman–Crippen MR) is 98.8 cm³/mol. The third-order valence-corrected chi connectivity index (χ3v) is 5.47. The number of thioether (sulfide) groups is 1. The van der Waals surface area contributed by atoms with Crippen LogP contribution in [0.2, 0.25) is 0 Å². The lowest BCUT2D eigenvalue weighted by Crippen LogP contribution is -2.33. The monoisotopic (exact) mass is 360 g/mol. The van der Waals surface area contributed by atoms with Gasteiger partial charge in [-0.25, -0.2) is 0 Å².